The van der Waals surface area contributed by atoms with Gasteiger partial charge in [0.15, 0.2) is 0 Å². The lowest BCUT2D eigenvalue weighted by Crippen LogP contribution is -2.23. The van der Waals surface area contributed by atoms with Gasteiger partial charge in [-0.25, -0.2) is 13.1 Å². The standard InChI is InChI=1S/C14H15NO3S/c1-11-9-13(7-8-14(11)16)19(17,18)15-10-12-5-3-2-4-6-12/h2-9,15-16H,10H2,1H3. The molecule has 0 saturated carbocycles. The van der Waals surface area contributed by atoms with E-state index in [0.717, 1.165) is 5.56 Å². The SMILES string of the molecule is Cc1cc(S(=O)(=O)NCc2ccccc2)ccc1O. The highest BCUT2D eigenvalue weighted by Gasteiger charge is 2.14. The van der Waals surface area contributed by atoms with Gasteiger partial charge in [-0.2, -0.15) is 0 Å². The Kier molecular flexibility index (Phi) is 3.87. The van der Waals surface area contributed by atoms with E-state index in [-0.39, 0.29) is 17.2 Å². The Morgan fingerprint density at radius 3 is 2.42 bits per heavy atom. The molecule has 0 unspecified atom stereocenters. The van der Waals surface area contributed by atoms with Crippen LogP contribution in [0, 0.1) is 6.92 Å². The van der Waals surface area contributed by atoms with Crippen molar-refractivity contribution in [3.63, 3.8) is 0 Å². The Hall–Kier alpha value is -1.85. The number of phenolic OH excluding ortho intramolecular Hbond substituents is 1. The van der Waals surface area contributed by atoms with E-state index in [0.29, 0.717) is 5.56 Å². The predicted molar refractivity (Wildman–Crippen MR) is 73.3 cm³/mol. The Bertz CT molecular complexity index is 666. The molecule has 0 radical (unpaired) electrons. The summed E-state index contributed by atoms with van der Waals surface area (Å²) < 4.78 is 26.7. The summed E-state index contributed by atoms with van der Waals surface area (Å²) in [6.07, 6.45) is 0. The average Bonchev–Trinajstić information content (AvgIpc) is 2.41. The van der Waals surface area contributed by atoms with Gasteiger partial charge >= 0.3 is 0 Å². The van der Waals surface area contributed by atoms with Crippen LogP contribution in [0.2, 0.25) is 0 Å². The first kappa shape index (κ1) is 13.6. The normalized spacial score (nSPS) is 11.4. The highest BCUT2D eigenvalue weighted by Crippen LogP contribution is 2.20. The maximum atomic E-state index is 12.1. The average molecular weight is 277 g/mol. The molecule has 2 aromatic carbocycles. The van der Waals surface area contributed by atoms with Crippen LogP contribution >= 0.6 is 0 Å². The van der Waals surface area contributed by atoms with Crippen molar-refractivity contribution in [3.05, 3.63) is 59.7 Å². The van der Waals surface area contributed by atoms with Crippen molar-refractivity contribution in [2.24, 2.45) is 0 Å². The molecule has 0 spiro atoms. The fraction of sp³-hybridized carbons (Fsp3) is 0.143. The number of rotatable bonds is 4. The van der Waals surface area contributed by atoms with Gasteiger partial charge < -0.3 is 5.11 Å². The molecule has 0 amide bonds. The van der Waals surface area contributed by atoms with Gasteiger partial charge in [-0.15, -0.1) is 0 Å². The minimum absolute atomic E-state index is 0.0852. The number of aromatic hydroxyl groups is 1. The van der Waals surface area contributed by atoms with Crippen LogP contribution in [-0.4, -0.2) is 13.5 Å². The van der Waals surface area contributed by atoms with Crippen LogP contribution in [0.3, 0.4) is 0 Å². The summed E-state index contributed by atoms with van der Waals surface area (Å²) in [4.78, 5) is 0.152. The minimum Gasteiger partial charge on any atom is -0.508 e. The molecule has 5 heteroatoms. The topological polar surface area (TPSA) is 66.4 Å². The fourth-order valence-corrected chi connectivity index (χ4v) is 2.76. The first-order valence-corrected chi connectivity index (χ1v) is 7.30. The Morgan fingerprint density at radius 2 is 1.79 bits per heavy atom. The molecular weight excluding hydrogens is 262 g/mol. The van der Waals surface area contributed by atoms with E-state index in [1.807, 2.05) is 30.3 Å². The van der Waals surface area contributed by atoms with E-state index in [1.54, 1.807) is 6.92 Å². The zero-order valence-electron chi connectivity index (χ0n) is 10.5. The summed E-state index contributed by atoms with van der Waals surface area (Å²) >= 11 is 0. The van der Waals surface area contributed by atoms with Gasteiger partial charge in [0.1, 0.15) is 5.75 Å². The van der Waals surface area contributed by atoms with Crippen LogP contribution in [0.4, 0.5) is 0 Å². The molecule has 0 aliphatic heterocycles. The quantitative estimate of drug-likeness (QED) is 0.900. The van der Waals surface area contributed by atoms with Gasteiger partial charge in [0.05, 0.1) is 4.90 Å². The van der Waals surface area contributed by atoms with Crippen LogP contribution < -0.4 is 4.72 Å². The number of nitrogens with one attached hydrogen (secondary N) is 1. The molecule has 0 aromatic heterocycles. The third-order valence-electron chi connectivity index (χ3n) is 2.79. The molecule has 0 fully saturated rings. The lowest BCUT2D eigenvalue weighted by atomic mass is 10.2. The van der Waals surface area contributed by atoms with E-state index in [2.05, 4.69) is 4.72 Å². The lowest BCUT2D eigenvalue weighted by Gasteiger charge is -2.08. The number of phenols is 1. The second kappa shape index (κ2) is 5.42. The lowest BCUT2D eigenvalue weighted by molar-refractivity contribution is 0.470. The Morgan fingerprint density at radius 1 is 1.11 bits per heavy atom. The number of aryl methyl sites for hydroxylation is 1. The molecule has 100 valence electrons. The first-order chi connectivity index (χ1) is 8.99. The number of benzene rings is 2. The molecule has 0 aliphatic rings. The molecule has 0 bridgehead atoms. The molecular formula is C14H15NO3S. The summed E-state index contributed by atoms with van der Waals surface area (Å²) in [5.41, 5.74) is 1.42. The van der Waals surface area contributed by atoms with Crippen LogP contribution in [-0.2, 0) is 16.6 Å². The maximum absolute atomic E-state index is 12.1. The summed E-state index contributed by atoms with van der Waals surface area (Å²) in [5, 5.41) is 9.40. The monoisotopic (exact) mass is 277 g/mol. The largest absolute Gasteiger partial charge is 0.508 e. The van der Waals surface area contributed by atoms with E-state index < -0.39 is 10.0 Å². The fourth-order valence-electron chi connectivity index (χ4n) is 1.65. The van der Waals surface area contributed by atoms with Gasteiger partial charge in [-0.1, -0.05) is 30.3 Å². The molecule has 0 aliphatic carbocycles. The van der Waals surface area contributed by atoms with Crippen molar-refractivity contribution in [2.45, 2.75) is 18.4 Å². The van der Waals surface area contributed by atoms with Crippen molar-refractivity contribution in [1.29, 1.82) is 0 Å². The second-order valence-corrected chi connectivity index (χ2v) is 6.03. The summed E-state index contributed by atoms with van der Waals surface area (Å²) in [5.74, 6) is 0.0852. The Labute approximate surface area is 112 Å². The van der Waals surface area contributed by atoms with E-state index in [1.165, 1.54) is 18.2 Å². The van der Waals surface area contributed by atoms with Gasteiger partial charge in [-0.3, -0.25) is 0 Å². The molecule has 2 N–H and O–H groups in total. The van der Waals surface area contributed by atoms with Crippen LogP contribution in [0.25, 0.3) is 0 Å². The molecule has 0 saturated heterocycles. The number of hydrogen-bond acceptors (Lipinski definition) is 3. The predicted octanol–water partition coefficient (Wildman–Crippen LogP) is 2.18. The van der Waals surface area contributed by atoms with E-state index >= 15 is 0 Å². The third-order valence-corrected chi connectivity index (χ3v) is 4.19. The highest BCUT2D eigenvalue weighted by molar-refractivity contribution is 7.89. The van der Waals surface area contributed by atoms with Crippen LogP contribution in [0.15, 0.2) is 53.4 Å². The number of hydrogen-bond donors (Lipinski definition) is 2. The molecule has 2 rings (SSSR count). The second-order valence-electron chi connectivity index (χ2n) is 4.26. The summed E-state index contributed by atoms with van der Waals surface area (Å²) in [7, 11) is -3.56. The highest BCUT2D eigenvalue weighted by atomic mass is 32.2. The molecule has 0 heterocycles. The molecule has 19 heavy (non-hydrogen) atoms. The van der Waals surface area contributed by atoms with Crippen LogP contribution in [0.5, 0.6) is 5.75 Å². The maximum Gasteiger partial charge on any atom is 0.240 e. The van der Waals surface area contributed by atoms with Gasteiger partial charge in [0.2, 0.25) is 10.0 Å². The van der Waals surface area contributed by atoms with Crippen molar-refractivity contribution in [2.75, 3.05) is 0 Å². The van der Waals surface area contributed by atoms with Crippen molar-refractivity contribution < 1.29 is 13.5 Å². The first-order valence-electron chi connectivity index (χ1n) is 5.82. The smallest absolute Gasteiger partial charge is 0.240 e. The van der Waals surface area contributed by atoms with E-state index in [4.69, 9.17) is 0 Å². The van der Waals surface area contributed by atoms with E-state index in [9.17, 15) is 13.5 Å². The van der Waals surface area contributed by atoms with Gasteiger partial charge in [0, 0.05) is 6.54 Å². The van der Waals surface area contributed by atoms with Gasteiger partial charge in [0.25, 0.3) is 0 Å². The van der Waals surface area contributed by atoms with Gasteiger partial charge in [-0.05, 0) is 36.2 Å². The minimum atomic E-state index is -3.56. The summed E-state index contributed by atoms with van der Waals surface area (Å²) in [6.45, 7) is 1.90. The third kappa shape index (κ3) is 3.33. The van der Waals surface area contributed by atoms with Crippen molar-refractivity contribution in [3.8, 4) is 5.75 Å². The van der Waals surface area contributed by atoms with Crippen molar-refractivity contribution in [1.82, 2.24) is 4.72 Å². The zero-order chi connectivity index (χ0) is 13.9. The van der Waals surface area contributed by atoms with Crippen molar-refractivity contribution >= 4 is 10.0 Å². The number of sulfonamides is 1. The summed E-state index contributed by atoms with van der Waals surface area (Å²) in [6, 6.07) is 13.5. The molecule has 2 aromatic rings. The molecule has 0 atom stereocenters. The van der Waals surface area contributed by atoms with Crippen LogP contribution in [0.1, 0.15) is 11.1 Å². The Balaban J connectivity index is 2.16. The molecule has 4 nitrogen and oxygen atoms in total. The zero-order valence-corrected chi connectivity index (χ0v) is 11.3.